The predicted octanol–water partition coefficient (Wildman–Crippen LogP) is 1.16. The normalized spacial score (nSPS) is 30.6. The number of nitrogens with one attached hydrogen (secondary N) is 1. The average Bonchev–Trinajstić information content (AvgIpc) is 3.01. The second-order valence-corrected chi connectivity index (χ2v) is 7.74. The Morgan fingerprint density at radius 1 is 1.30 bits per heavy atom. The van der Waals surface area contributed by atoms with Gasteiger partial charge in [-0.25, -0.2) is 23.1 Å². The fraction of sp³-hybridized carbons (Fsp3) is 0.692. The number of rotatable bonds is 4. The predicted molar refractivity (Wildman–Crippen MR) is 75.2 cm³/mol. The van der Waals surface area contributed by atoms with Crippen molar-refractivity contribution in [2.24, 2.45) is 17.8 Å². The van der Waals surface area contributed by atoms with Crippen molar-refractivity contribution in [1.29, 1.82) is 0 Å². The van der Waals surface area contributed by atoms with Gasteiger partial charge in [-0.3, -0.25) is 0 Å². The molecule has 2 aliphatic rings. The lowest BCUT2D eigenvalue weighted by Crippen LogP contribution is -2.40. The van der Waals surface area contributed by atoms with E-state index in [1.807, 2.05) is 6.92 Å². The summed E-state index contributed by atoms with van der Waals surface area (Å²) in [6.45, 7) is 1.96. The summed E-state index contributed by atoms with van der Waals surface area (Å²) in [6, 6.07) is -0.0483. The molecule has 0 amide bonds. The Kier molecular flexibility index (Phi) is 3.41. The van der Waals surface area contributed by atoms with Crippen LogP contribution in [0.4, 0.5) is 5.95 Å². The highest BCUT2D eigenvalue weighted by Crippen LogP contribution is 2.49. The summed E-state index contributed by atoms with van der Waals surface area (Å²) in [5, 5.41) is 0. The molecule has 110 valence electrons. The standard InChI is InChI=1S/C13H20N4O2S/c1-8(12-5-9-2-3-10(12)4-9)17-20(18,19)11-6-15-13(14)16-7-11/h6-10,12,17H,2-5H2,1H3,(H2,14,15,16). The zero-order valence-electron chi connectivity index (χ0n) is 11.5. The second kappa shape index (κ2) is 4.96. The molecule has 3 rings (SSSR count). The van der Waals surface area contributed by atoms with Crippen LogP contribution in [0.15, 0.2) is 17.3 Å². The molecular formula is C13H20N4O2S. The van der Waals surface area contributed by atoms with Gasteiger partial charge < -0.3 is 5.73 Å². The Morgan fingerprint density at radius 2 is 2.00 bits per heavy atom. The molecule has 0 radical (unpaired) electrons. The van der Waals surface area contributed by atoms with Crippen LogP contribution in [0.2, 0.25) is 0 Å². The quantitative estimate of drug-likeness (QED) is 0.869. The van der Waals surface area contributed by atoms with Crippen molar-refractivity contribution >= 4 is 16.0 Å². The molecule has 6 nitrogen and oxygen atoms in total. The van der Waals surface area contributed by atoms with Crippen molar-refractivity contribution in [3.8, 4) is 0 Å². The Bertz CT molecular complexity index is 587. The average molecular weight is 296 g/mol. The molecule has 2 bridgehead atoms. The number of sulfonamides is 1. The molecule has 0 aliphatic heterocycles. The maximum absolute atomic E-state index is 12.3. The number of nitrogens with zero attached hydrogens (tertiary/aromatic N) is 2. The summed E-state index contributed by atoms with van der Waals surface area (Å²) < 4.78 is 27.3. The van der Waals surface area contributed by atoms with Gasteiger partial charge in [-0.05, 0) is 43.9 Å². The Morgan fingerprint density at radius 3 is 2.55 bits per heavy atom. The lowest BCUT2D eigenvalue weighted by atomic mass is 9.84. The summed E-state index contributed by atoms with van der Waals surface area (Å²) in [4.78, 5) is 7.54. The van der Waals surface area contributed by atoms with E-state index in [1.54, 1.807) is 0 Å². The minimum atomic E-state index is -3.56. The zero-order valence-corrected chi connectivity index (χ0v) is 12.3. The first-order valence-corrected chi connectivity index (χ1v) is 8.54. The van der Waals surface area contributed by atoms with E-state index in [-0.39, 0.29) is 16.9 Å². The van der Waals surface area contributed by atoms with Gasteiger partial charge in [-0.15, -0.1) is 0 Å². The molecule has 2 aliphatic carbocycles. The van der Waals surface area contributed by atoms with Crippen LogP contribution in [-0.4, -0.2) is 24.4 Å². The molecule has 7 heteroatoms. The van der Waals surface area contributed by atoms with Crippen LogP contribution >= 0.6 is 0 Å². The summed E-state index contributed by atoms with van der Waals surface area (Å²) >= 11 is 0. The highest BCUT2D eigenvalue weighted by Gasteiger charge is 2.42. The summed E-state index contributed by atoms with van der Waals surface area (Å²) in [5.41, 5.74) is 5.37. The Labute approximate surface area is 119 Å². The van der Waals surface area contributed by atoms with Crippen molar-refractivity contribution in [3.05, 3.63) is 12.4 Å². The highest BCUT2D eigenvalue weighted by atomic mass is 32.2. The first kappa shape index (κ1) is 13.8. The summed E-state index contributed by atoms with van der Waals surface area (Å²) in [7, 11) is -3.56. The second-order valence-electron chi connectivity index (χ2n) is 6.03. The summed E-state index contributed by atoms with van der Waals surface area (Å²) in [5.74, 6) is 2.01. The Hall–Kier alpha value is -1.21. The van der Waals surface area contributed by atoms with E-state index in [9.17, 15) is 8.42 Å². The van der Waals surface area contributed by atoms with Crippen molar-refractivity contribution in [2.45, 2.75) is 43.5 Å². The van der Waals surface area contributed by atoms with Crippen LogP contribution in [-0.2, 0) is 10.0 Å². The van der Waals surface area contributed by atoms with Gasteiger partial charge in [0.1, 0.15) is 4.90 Å². The van der Waals surface area contributed by atoms with Gasteiger partial charge in [0.25, 0.3) is 0 Å². The van der Waals surface area contributed by atoms with E-state index < -0.39 is 10.0 Å². The maximum Gasteiger partial charge on any atom is 0.243 e. The van der Waals surface area contributed by atoms with E-state index in [4.69, 9.17) is 5.73 Å². The number of hydrogen-bond acceptors (Lipinski definition) is 5. The fourth-order valence-corrected chi connectivity index (χ4v) is 4.95. The third-order valence-corrected chi connectivity index (χ3v) is 6.25. The fourth-order valence-electron chi connectivity index (χ4n) is 3.77. The number of hydrogen-bond donors (Lipinski definition) is 2. The van der Waals surface area contributed by atoms with Crippen LogP contribution < -0.4 is 10.5 Å². The highest BCUT2D eigenvalue weighted by molar-refractivity contribution is 7.89. The first-order valence-electron chi connectivity index (χ1n) is 7.05. The van der Waals surface area contributed by atoms with Crippen LogP contribution in [0.3, 0.4) is 0 Å². The largest absolute Gasteiger partial charge is 0.368 e. The van der Waals surface area contributed by atoms with Crippen LogP contribution in [0, 0.1) is 17.8 Å². The summed E-state index contributed by atoms with van der Waals surface area (Å²) in [6.07, 6.45) is 7.46. The van der Waals surface area contributed by atoms with E-state index in [0.717, 1.165) is 12.3 Å². The molecule has 1 aromatic heterocycles. The minimum absolute atomic E-state index is 0.0483. The molecule has 2 saturated carbocycles. The number of nitrogen functional groups attached to an aromatic ring is 1. The van der Waals surface area contributed by atoms with Crippen molar-refractivity contribution in [3.63, 3.8) is 0 Å². The van der Waals surface area contributed by atoms with Gasteiger partial charge in [-0.1, -0.05) is 6.42 Å². The SMILES string of the molecule is CC(NS(=O)(=O)c1cnc(N)nc1)C1CC2CCC1C2. The molecule has 4 unspecified atom stereocenters. The van der Waals surface area contributed by atoms with E-state index in [0.29, 0.717) is 11.8 Å². The molecule has 0 saturated heterocycles. The van der Waals surface area contributed by atoms with Gasteiger partial charge >= 0.3 is 0 Å². The number of anilines is 1. The van der Waals surface area contributed by atoms with E-state index in [1.165, 1.54) is 31.7 Å². The number of nitrogens with two attached hydrogens (primary N) is 1. The lowest BCUT2D eigenvalue weighted by Gasteiger charge is -2.28. The van der Waals surface area contributed by atoms with E-state index >= 15 is 0 Å². The van der Waals surface area contributed by atoms with Gasteiger partial charge in [0.05, 0.1) is 12.4 Å². The monoisotopic (exact) mass is 296 g/mol. The molecule has 1 aromatic rings. The van der Waals surface area contributed by atoms with Gasteiger partial charge in [0.15, 0.2) is 0 Å². The Balaban J connectivity index is 1.71. The van der Waals surface area contributed by atoms with Crippen LogP contribution in [0.1, 0.15) is 32.6 Å². The van der Waals surface area contributed by atoms with Gasteiger partial charge in [0.2, 0.25) is 16.0 Å². The van der Waals surface area contributed by atoms with Gasteiger partial charge in [-0.2, -0.15) is 0 Å². The molecule has 20 heavy (non-hydrogen) atoms. The van der Waals surface area contributed by atoms with Crippen LogP contribution in [0.5, 0.6) is 0 Å². The number of fused-ring (bicyclic) bond motifs is 2. The zero-order chi connectivity index (χ0) is 14.3. The maximum atomic E-state index is 12.3. The first-order chi connectivity index (χ1) is 9.45. The molecule has 0 spiro atoms. The minimum Gasteiger partial charge on any atom is -0.368 e. The van der Waals surface area contributed by atoms with Gasteiger partial charge in [0, 0.05) is 6.04 Å². The third-order valence-electron chi connectivity index (χ3n) is 4.73. The van der Waals surface area contributed by atoms with Crippen LogP contribution in [0.25, 0.3) is 0 Å². The smallest absolute Gasteiger partial charge is 0.243 e. The molecule has 1 heterocycles. The molecule has 4 atom stereocenters. The molecule has 0 aromatic carbocycles. The molecular weight excluding hydrogens is 276 g/mol. The molecule has 2 fully saturated rings. The lowest BCUT2D eigenvalue weighted by molar-refractivity contribution is 0.280. The number of aromatic nitrogens is 2. The third kappa shape index (κ3) is 2.52. The van der Waals surface area contributed by atoms with E-state index in [2.05, 4.69) is 14.7 Å². The van der Waals surface area contributed by atoms with Crippen molar-refractivity contribution < 1.29 is 8.42 Å². The molecule has 3 N–H and O–H groups in total. The van der Waals surface area contributed by atoms with Crippen molar-refractivity contribution in [2.75, 3.05) is 5.73 Å². The van der Waals surface area contributed by atoms with Crippen molar-refractivity contribution in [1.82, 2.24) is 14.7 Å². The topological polar surface area (TPSA) is 98.0 Å².